The molecule has 0 heterocycles. The number of amides is 1. The van der Waals surface area contributed by atoms with E-state index in [2.05, 4.69) is 13.5 Å². The molecule has 0 unspecified atom stereocenters. The van der Waals surface area contributed by atoms with Crippen LogP contribution in [-0.2, 0) is 0 Å². The third-order valence-corrected chi connectivity index (χ3v) is 2.01. The summed E-state index contributed by atoms with van der Waals surface area (Å²) in [5, 5.41) is 0. The molecule has 0 saturated heterocycles. The Morgan fingerprint density at radius 2 is 1.88 bits per heavy atom. The van der Waals surface area contributed by atoms with Crippen molar-refractivity contribution in [3.8, 4) is 0 Å². The summed E-state index contributed by atoms with van der Waals surface area (Å²) in [6.45, 7) is 5.54. The van der Waals surface area contributed by atoms with Crippen molar-refractivity contribution in [3.63, 3.8) is 0 Å². The monoisotopic (exact) mass is 233 g/mol. The second kappa shape index (κ2) is 8.28. The molecule has 0 aliphatic rings. The lowest BCUT2D eigenvalue weighted by molar-refractivity contribution is 0.0824. The van der Waals surface area contributed by atoms with E-state index in [1.165, 1.54) is 4.90 Å². The molecular weight excluding hydrogens is 214 g/mol. The van der Waals surface area contributed by atoms with Gasteiger partial charge in [-0.3, -0.25) is 9.59 Å². The number of allylic oxidation sites excluding steroid dienone is 1. The molecule has 1 amide bonds. The Bertz CT molecular complexity index is 384. The van der Waals surface area contributed by atoms with Crippen LogP contribution in [0.3, 0.4) is 0 Å². The first-order valence-corrected chi connectivity index (χ1v) is 5.45. The van der Waals surface area contributed by atoms with Gasteiger partial charge in [0.25, 0.3) is 5.91 Å². The number of nitrogens with zero attached hydrogens (tertiary/aromatic N) is 1. The summed E-state index contributed by atoms with van der Waals surface area (Å²) in [4.78, 5) is 23.5. The summed E-state index contributed by atoms with van der Waals surface area (Å²) in [6, 6.07) is 6.75. The van der Waals surface area contributed by atoms with Gasteiger partial charge >= 0.3 is 0 Å². The average Bonchev–Trinajstić information content (AvgIpc) is 2.37. The lowest BCUT2D eigenvalue weighted by atomic mass is 10.1. The summed E-state index contributed by atoms with van der Waals surface area (Å²) in [6.07, 6.45) is 3.65. The van der Waals surface area contributed by atoms with E-state index in [-0.39, 0.29) is 5.91 Å². The number of carbonyl (C=O) groups is 2. The van der Waals surface area contributed by atoms with Gasteiger partial charge in [0.2, 0.25) is 0 Å². The maximum absolute atomic E-state index is 11.5. The first-order chi connectivity index (χ1) is 8.08. The van der Waals surface area contributed by atoms with Crippen molar-refractivity contribution in [2.75, 3.05) is 14.1 Å². The van der Waals surface area contributed by atoms with Crippen LogP contribution in [-0.4, -0.2) is 31.2 Å². The van der Waals surface area contributed by atoms with Crippen molar-refractivity contribution >= 4 is 12.2 Å². The van der Waals surface area contributed by atoms with Gasteiger partial charge in [-0.25, -0.2) is 0 Å². The Balaban J connectivity index is 0.000000557. The predicted octanol–water partition coefficient (Wildman–Crippen LogP) is 2.78. The maximum atomic E-state index is 11.5. The fraction of sp³-hybridized carbons (Fsp3) is 0.286. The molecule has 1 aromatic carbocycles. The largest absolute Gasteiger partial charge is 0.345 e. The van der Waals surface area contributed by atoms with Crippen LogP contribution in [0.15, 0.2) is 36.9 Å². The van der Waals surface area contributed by atoms with Crippen LogP contribution < -0.4 is 0 Å². The molecule has 0 aliphatic heterocycles. The number of rotatable bonds is 3. The van der Waals surface area contributed by atoms with Crippen LogP contribution in [0.5, 0.6) is 0 Å². The van der Waals surface area contributed by atoms with Gasteiger partial charge in [0.15, 0.2) is 6.29 Å². The van der Waals surface area contributed by atoms with Crippen molar-refractivity contribution in [1.82, 2.24) is 4.90 Å². The van der Waals surface area contributed by atoms with Gasteiger partial charge < -0.3 is 4.90 Å². The molecule has 0 bridgehead atoms. The van der Waals surface area contributed by atoms with Crippen molar-refractivity contribution in [1.29, 1.82) is 0 Å². The van der Waals surface area contributed by atoms with Crippen molar-refractivity contribution < 1.29 is 9.59 Å². The van der Waals surface area contributed by atoms with E-state index in [0.29, 0.717) is 17.4 Å². The average molecular weight is 233 g/mol. The van der Waals surface area contributed by atoms with E-state index in [4.69, 9.17) is 0 Å². The van der Waals surface area contributed by atoms with Crippen LogP contribution >= 0.6 is 0 Å². The van der Waals surface area contributed by atoms with E-state index in [1.54, 1.807) is 38.4 Å². The Hall–Kier alpha value is -1.90. The molecule has 0 atom stereocenters. The number of hydrogen-bond acceptors (Lipinski definition) is 2. The summed E-state index contributed by atoms with van der Waals surface area (Å²) in [7, 11) is 3.31. The molecule has 0 radical (unpaired) electrons. The second-order valence-electron chi connectivity index (χ2n) is 3.60. The van der Waals surface area contributed by atoms with Gasteiger partial charge in [0.1, 0.15) is 0 Å². The minimum absolute atomic E-state index is 0.150. The third-order valence-electron chi connectivity index (χ3n) is 2.01. The minimum Gasteiger partial charge on any atom is -0.345 e. The van der Waals surface area contributed by atoms with Gasteiger partial charge in [0, 0.05) is 19.7 Å². The van der Waals surface area contributed by atoms with E-state index < -0.39 is 0 Å². The molecule has 0 saturated carbocycles. The number of hydrogen-bond donors (Lipinski definition) is 0. The zero-order valence-corrected chi connectivity index (χ0v) is 10.6. The molecule has 3 nitrogen and oxygen atoms in total. The number of aldehydes is 1. The van der Waals surface area contributed by atoms with Crippen molar-refractivity contribution in [3.05, 3.63) is 48.0 Å². The summed E-state index contributed by atoms with van der Waals surface area (Å²) in [5.41, 5.74) is 0.878. The van der Waals surface area contributed by atoms with Crippen molar-refractivity contribution in [2.45, 2.75) is 13.3 Å². The van der Waals surface area contributed by atoms with E-state index in [9.17, 15) is 9.59 Å². The third kappa shape index (κ3) is 5.11. The number of benzene rings is 1. The zero-order valence-electron chi connectivity index (χ0n) is 10.6. The first kappa shape index (κ1) is 15.1. The summed E-state index contributed by atoms with van der Waals surface area (Å²) in [5.74, 6) is -0.150. The van der Waals surface area contributed by atoms with E-state index >= 15 is 0 Å². The van der Waals surface area contributed by atoms with E-state index in [1.807, 2.05) is 6.08 Å². The van der Waals surface area contributed by atoms with Crippen LogP contribution in [0.2, 0.25) is 0 Å². The molecule has 0 aliphatic carbocycles. The maximum Gasteiger partial charge on any atom is 0.254 e. The smallest absolute Gasteiger partial charge is 0.254 e. The van der Waals surface area contributed by atoms with Crippen molar-refractivity contribution in [2.24, 2.45) is 0 Å². The molecule has 0 spiro atoms. The highest BCUT2D eigenvalue weighted by atomic mass is 16.2. The van der Waals surface area contributed by atoms with Gasteiger partial charge in [-0.15, -0.1) is 6.58 Å². The SMILES string of the molecule is C=CCC.CN(C)C(=O)c1ccccc1C=O. The van der Waals surface area contributed by atoms with Gasteiger partial charge in [0.05, 0.1) is 5.56 Å². The zero-order chi connectivity index (χ0) is 13.3. The fourth-order valence-electron chi connectivity index (χ4n) is 1.04. The van der Waals surface area contributed by atoms with Crippen LogP contribution in [0.4, 0.5) is 0 Å². The molecule has 0 fully saturated rings. The fourth-order valence-corrected chi connectivity index (χ4v) is 1.04. The molecule has 1 aromatic rings. The van der Waals surface area contributed by atoms with Crippen LogP contribution in [0, 0.1) is 0 Å². The molecular formula is C14H19NO2. The summed E-state index contributed by atoms with van der Waals surface area (Å²) >= 11 is 0. The van der Waals surface area contributed by atoms with Crippen LogP contribution in [0.1, 0.15) is 34.1 Å². The Labute approximate surface area is 103 Å². The molecule has 17 heavy (non-hydrogen) atoms. The Kier molecular flexibility index (Phi) is 7.35. The second-order valence-corrected chi connectivity index (χ2v) is 3.60. The van der Waals surface area contributed by atoms with Gasteiger partial charge in [-0.1, -0.05) is 31.2 Å². The quantitative estimate of drug-likeness (QED) is 0.594. The molecule has 92 valence electrons. The van der Waals surface area contributed by atoms with Gasteiger partial charge in [-0.05, 0) is 12.5 Å². The Morgan fingerprint density at radius 1 is 1.35 bits per heavy atom. The minimum atomic E-state index is -0.150. The lowest BCUT2D eigenvalue weighted by Gasteiger charge is -2.11. The Morgan fingerprint density at radius 3 is 2.29 bits per heavy atom. The van der Waals surface area contributed by atoms with E-state index in [0.717, 1.165) is 6.42 Å². The molecule has 1 rings (SSSR count). The topological polar surface area (TPSA) is 37.4 Å². The normalized spacial score (nSPS) is 8.65. The van der Waals surface area contributed by atoms with Crippen LogP contribution in [0.25, 0.3) is 0 Å². The van der Waals surface area contributed by atoms with Gasteiger partial charge in [-0.2, -0.15) is 0 Å². The highest BCUT2D eigenvalue weighted by Gasteiger charge is 2.11. The number of carbonyl (C=O) groups excluding carboxylic acids is 2. The molecule has 0 aromatic heterocycles. The molecule has 0 N–H and O–H groups in total. The summed E-state index contributed by atoms with van der Waals surface area (Å²) < 4.78 is 0. The first-order valence-electron chi connectivity index (χ1n) is 5.45. The standard InChI is InChI=1S/C10H11NO2.C4H8/c1-11(2)10(13)9-6-4-3-5-8(9)7-12;1-3-4-2/h3-7H,1-2H3;3H,1,4H2,2H3. The highest BCUT2D eigenvalue weighted by Crippen LogP contribution is 2.07. The lowest BCUT2D eigenvalue weighted by Crippen LogP contribution is -2.22. The highest BCUT2D eigenvalue weighted by molar-refractivity contribution is 6.01. The predicted molar refractivity (Wildman–Crippen MR) is 70.3 cm³/mol. The molecule has 3 heteroatoms.